The Labute approximate surface area is 109 Å². The average Bonchev–Trinajstić information content (AvgIpc) is 2.30. The SMILES string of the molecule is C=CCC(C)NC(=O)NCC(CC)(CC)C(=O)O. The third kappa shape index (κ3) is 4.77. The Bertz CT molecular complexity index is 299. The van der Waals surface area contributed by atoms with Crippen molar-refractivity contribution in [1.29, 1.82) is 0 Å². The van der Waals surface area contributed by atoms with Crippen LogP contribution in [-0.2, 0) is 4.79 Å². The van der Waals surface area contributed by atoms with Gasteiger partial charge < -0.3 is 15.7 Å². The van der Waals surface area contributed by atoms with Gasteiger partial charge in [0.2, 0.25) is 0 Å². The number of nitrogens with one attached hydrogen (secondary N) is 2. The van der Waals surface area contributed by atoms with Gasteiger partial charge >= 0.3 is 12.0 Å². The molecule has 0 bridgehead atoms. The fourth-order valence-corrected chi connectivity index (χ4v) is 1.71. The van der Waals surface area contributed by atoms with Crippen molar-refractivity contribution in [1.82, 2.24) is 10.6 Å². The lowest BCUT2D eigenvalue weighted by atomic mass is 9.82. The summed E-state index contributed by atoms with van der Waals surface area (Å²) in [6.45, 7) is 9.23. The molecule has 0 saturated heterocycles. The van der Waals surface area contributed by atoms with Crippen molar-refractivity contribution in [3.05, 3.63) is 12.7 Å². The van der Waals surface area contributed by atoms with Crippen molar-refractivity contribution < 1.29 is 14.7 Å². The molecule has 3 N–H and O–H groups in total. The first-order chi connectivity index (χ1) is 8.41. The Morgan fingerprint density at radius 2 is 1.94 bits per heavy atom. The lowest BCUT2D eigenvalue weighted by Gasteiger charge is -2.27. The fourth-order valence-electron chi connectivity index (χ4n) is 1.71. The first kappa shape index (κ1) is 16.5. The zero-order valence-electron chi connectivity index (χ0n) is 11.5. The molecule has 1 unspecified atom stereocenters. The minimum absolute atomic E-state index is 0.00928. The second kappa shape index (κ2) is 7.74. The summed E-state index contributed by atoms with van der Waals surface area (Å²) in [5, 5.41) is 14.6. The molecule has 0 fully saturated rings. The molecule has 0 aromatic carbocycles. The monoisotopic (exact) mass is 256 g/mol. The number of hydrogen-bond acceptors (Lipinski definition) is 2. The number of aliphatic carboxylic acids is 1. The molecule has 0 heterocycles. The van der Waals surface area contributed by atoms with Crippen molar-refractivity contribution in [3.63, 3.8) is 0 Å². The largest absolute Gasteiger partial charge is 0.481 e. The van der Waals surface area contributed by atoms with E-state index in [1.54, 1.807) is 6.08 Å². The smallest absolute Gasteiger partial charge is 0.315 e. The molecule has 5 nitrogen and oxygen atoms in total. The molecular weight excluding hydrogens is 232 g/mol. The standard InChI is InChI=1S/C13H24N2O3/c1-5-8-10(4)15-12(18)14-9-13(6-2,7-3)11(16)17/h5,10H,1,6-9H2,2-4H3,(H,16,17)(H2,14,15,18). The molecule has 0 aliphatic rings. The van der Waals surface area contributed by atoms with Crippen LogP contribution in [0.1, 0.15) is 40.0 Å². The van der Waals surface area contributed by atoms with Crippen molar-refractivity contribution in [2.45, 2.75) is 46.1 Å². The van der Waals surface area contributed by atoms with Gasteiger partial charge in [-0.25, -0.2) is 4.79 Å². The van der Waals surface area contributed by atoms with Gasteiger partial charge in [-0.15, -0.1) is 6.58 Å². The van der Waals surface area contributed by atoms with E-state index in [1.165, 1.54) is 0 Å². The van der Waals surface area contributed by atoms with E-state index < -0.39 is 11.4 Å². The highest BCUT2D eigenvalue weighted by Gasteiger charge is 2.35. The molecular formula is C13H24N2O3. The molecule has 5 heteroatoms. The quantitative estimate of drug-likeness (QED) is 0.582. The minimum Gasteiger partial charge on any atom is -0.481 e. The van der Waals surface area contributed by atoms with Crippen LogP contribution < -0.4 is 10.6 Å². The van der Waals surface area contributed by atoms with Crippen LogP contribution >= 0.6 is 0 Å². The van der Waals surface area contributed by atoms with Gasteiger partial charge in [-0.1, -0.05) is 19.9 Å². The molecule has 0 aliphatic heterocycles. The summed E-state index contributed by atoms with van der Waals surface area (Å²) in [7, 11) is 0. The van der Waals surface area contributed by atoms with Crippen LogP contribution in [0.4, 0.5) is 4.79 Å². The number of urea groups is 1. The Hall–Kier alpha value is -1.52. The number of carbonyl (C=O) groups excluding carboxylic acids is 1. The molecule has 0 aromatic heterocycles. The zero-order chi connectivity index (χ0) is 14.2. The van der Waals surface area contributed by atoms with E-state index in [0.717, 1.165) is 0 Å². The molecule has 0 saturated carbocycles. The normalized spacial score (nSPS) is 12.6. The Kier molecular flexibility index (Phi) is 7.08. The summed E-state index contributed by atoms with van der Waals surface area (Å²) in [4.78, 5) is 22.8. The molecule has 0 aliphatic carbocycles. The van der Waals surface area contributed by atoms with Crippen LogP contribution in [0, 0.1) is 5.41 Å². The fraction of sp³-hybridized carbons (Fsp3) is 0.692. The minimum atomic E-state index is -0.876. The number of carbonyl (C=O) groups is 2. The zero-order valence-corrected chi connectivity index (χ0v) is 11.5. The summed E-state index contributed by atoms with van der Waals surface area (Å²) in [5.74, 6) is -0.869. The van der Waals surface area contributed by atoms with Gasteiger partial charge in [0.25, 0.3) is 0 Å². The maximum Gasteiger partial charge on any atom is 0.315 e. The van der Waals surface area contributed by atoms with Crippen LogP contribution in [0.2, 0.25) is 0 Å². The molecule has 0 spiro atoms. The van der Waals surface area contributed by atoms with E-state index in [9.17, 15) is 14.7 Å². The topological polar surface area (TPSA) is 78.4 Å². The molecule has 18 heavy (non-hydrogen) atoms. The van der Waals surface area contributed by atoms with E-state index in [4.69, 9.17) is 0 Å². The number of carboxylic acids is 1. The Morgan fingerprint density at radius 1 is 1.39 bits per heavy atom. The highest BCUT2D eigenvalue weighted by atomic mass is 16.4. The van der Waals surface area contributed by atoms with Crippen molar-refractivity contribution in [3.8, 4) is 0 Å². The summed E-state index contributed by atoms with van der Waals surface area (Å²) >= 11 is 0. The predicted molar refractivity (Wildman–Crippen MR) is 71.5 cm³/mol. The number of carboxylic acid groups (broad SMARTS) is 1. The summed E-state index contributed by atoms with van der Waals surface area (Å²) in [6, 6.07) is -0.346. The van der Waals surface area contributed by atoms with E-state index in [0.29, 0.717) is 19.3 Å². The van der Waals surface area contributed by atoms with Gasteiger partial charge in [0.15, 0.2) is 0 Å². The van der Waals surface area contributed by atoms with E-state index in [-0.39, 0.29) is 18.6 Å². The van der Waals surface area contributed by atoms with Crippen LogP contribution in [0.3, 0.4) is 0 Å². The average molecular weight is 256 g/mol. The van der Waals surface area contributed by atoms with E-state index >= 15 is 0 Å². The molecule has 0 aromatic rings. The third-order valence-corrected chi connectivity index (χ3v) is 3.29. The van der Waals surface area contributed by atoms with E-state index in [2.05, 4.69) is 17.2 Å². The molecule has 0 rings (SSSR count). The molecule has 2 amide bonds. The van der Waals surface area contributed by atoms with Crippen LogP contribution in [0.25, 0.3) is 0 Å². The number of rotatable bonds is 8. The Balaban J connectivity index is 4.32. The van der Waals surface area contributed by atoms with Crippen molar-refractivity contribution in [2.75, 3.05) is 6.54 Å². The van der Waals surface area contributed by atoms with Gasteiger partial charge in [-0.3, -0.25) is 4.79 Å². The van der Waals surface area contributed by atoms with Gasteiger partial charge in [0.05, 0.1) is 5.41 Å². The maximum atomic E-state index is 11.6. The number of amides is 2. The highest BCUT2D eigenvalue weighted by Crippen LogP contribution is 2.25. The summed E-state index contributed by atoms with van der Waals surface area (Å²) in [6.07, 6.45) is 3.38. The van der Waals surface area contributed by atoms with Gasteiger partial charge in [0.1, 0.15) is 0 Å². The Morgan fingerprint density at radius 3 is 2.33 bits per heavy atom. The lowest BCUT2D eigenvalue weighted by Crippen LogP contribution is -2.47. The predicted octanol–water partition coefficient (Wildman–Crippen LogP) is 2.14. The highest BCUT2D eigenvalue weighted by molar-refractivity contribution is 5.78. The summed E-state index contributed by atoms with van der Waals surface area (Å²) in [5.41, 5.74) is -0.876. The van der Waals surface area contributed by atoms with Crippen molar-refractivity contribution in [2.24, 2.45) is 5.41 Å². The van der Waals surface area contributed by atoms with Gasteiger partial charge in [-0.2, -0.15) is 0 Å². The second-order valence-corrected chi connectivity index (χ2v) is 4.55. The van der Waals surface area contributed by atoms with E-state index in [1.807, 2.05) is 20.8 Å². The molecule has 1 atom stereocenters. The van der Waals surface area contributed by atoms with Crippen LogP contribution in [0.15, 0.2) is 12.7 Å². The maximum absolute atomic E-state index is 11.6. The lowest BCUT2D eigenvalue weighted by molar-refractivity contribution is -0.149. The van der Waals surface area contributed by atoms with Crippen LogP contribution in [-0.4, -0.2) is 29.7 Å². The first-order valence-electron chi connectivity index (χ1n) is 6.30. The second-order valence-electron chi connectivity index (χ2n) is 4.55. The van der Waals surface area contributed by atoms with Crippen LogP contribution in [0.5, 0.6) is 0 Å². The third-order valence-electron chi connectivity index (χ3n) is 3.29. The van der Waals surface area contributed by atoms with Gasteiger partial charge in [0, 0.05) is 12.6 Å². The summed E-state index contributed by atoms with van der Waals surface area (Å²) < 4.78 is 0. The molecule has 0 radical (unpaired) electrons. The first-order valence-corrected chi connectivity index (χ1v) is 6.30. The number of hydrogen-bond donors (Lipinski definition) is 3. The molecule has 104 valence electrons. The van der Waals surface area contributed by atoms with Crippen molar-refractivity contribution >= 4 is 12.0 Å². The van der Waals surface area contributed by atoms with Gasteiger partial charge in [-0.05, 0) is 26.2 Å².